The van der Waals surface area contributed by atoms with Crippen LogP contribution in [0.2, 0.25) is 0 Å². The summed E-state index contributed by atoms with van der Waals surface area (Å²) < 4.78 is 1.93. The van der Waals surface area contributed by atoms with Crippen LogP contribution in [0.3, 0.4) is 0 Å². The van der Waals surface area contributed by atoms with Crippen molar-refractivity contribution in [2.45, 2.75) is 50.1 Å². The van der Waals surface area contributed by atoms with Gasteiger partial charge in [-0.05, 0) is 36.8 Å². The molecule has 4 rings (SSSR count). The summed E-state index contributed by atoms with van der Waals surface area (Å²) in [6, 6.07) is 12.5. The van der Waals surface area contributed by atoms with Crippen molar-refractivity contribution in [2.75, 3.05) is 11.1 Å². The fourth-order valence-electron chi connectivity index (χ4n) is 3.82. The maximum Gasteiger partial charge on any atom is 0.235 e. The van der Waals surface area contributed by atoms with E-state index in [1.807, 2.05) is 29.8 Å². The van der Waals surface area contributed by atoms with E-state index >= 15 is 0 Å². The second kappa shape index (κ2) is 10.1. The predicted molar refractivity (Wildman–Crippen MR) is 125 cm³/mol. The molecule has 0 atom stereocenters. The average molecular weight is 452 g/mol. The van der Waals surface area contributed by atoms with Gasteiger partial charge < -0.3 is 9.88 Å². The number of thiophene rings is 1. The lowest BCUT2D eigenvalue weighted by Gasteiger charge is -2.08. The Morgan fingerprint density at radius 3 is 2.74 bits per heavy atom. The van der Waals surface area contributed by atoms with Crippen molar-refractivity contribution in [1.82, 2.24) is 14.8 Å². The molecule has 0 spiro atoms. The fourth-order valence-corrected chi connectivity index (χ4v) is 5.81. The molecule has 2 heterocycles. The van der Waals surface area contributed by atoms with Crippen LogP contribution in [0.5, 0.6) is 0 Å². The molecular weight excluding hydrogens is 426 g/mol. The molecule has 1 aliphatic rings. The van der Waals surface area contributed by atoms with Crippen molar-refractivity contribution < 1.29 is 4.79 Å². The summed E-state index contributed by atoms with van der Waals surface area (Å²) in [5.41, 5.74) is 2.97. The Hall–Kier alpha value is -2.63. The topological polar surface area (TPSA) is 83.6 Å². The van der Waals surface area contributed by atoms with E-state index in [0.29, 0.717) is 22.1 Å². The van der Waals surface area contributed by atoms with Crippen molar-refractivity contribution in [2.24, 2.45) is 7.05 Å². The van der Waals surface area contributed by atoms with Crippen molar-refractivity contribution in [3.05, 3.63) is 57.7 Å². The Morgan fingerprint density at radius 2 is 1.97 bits per heavy atom. The van der Waals surface area contributed by atoms with Crippen LogP contribution in [0.1, 0.15) is 53.1 Å². The quantitative estimate of drug-likeness (QED) is 0.548. The van der Waals surface area contributed by atoms with Crippen molar-refractivity contribution in [1.29, 1.82) is 5.26 Å². The predicted octanol–water partition coefficient (Wildman–Crippen LogP) is 4.73. The third-order valence-electron chi connectivity index (χ3n) is 5.50. The highest BCUT2D eigenvalue weighted by molar-refractivity contribution is 7.99. The fraction of sp³-hybridized carbons (Fsp3) is 0.391. The Balaban J connectivity index is 1.39. The highest BCUT2D eigenvalue weighted by atomic mass is 32.2. The minimum Gasteiger partial charge on any atom is -0.316 e. The largest absolute Gasteiger partial charge is 0.316 e. The Kier molecular flexibility index (Phi) is 7.05. The molecule has 1 aromatic carbocycles. The zero-order chi connectivity index (χ0) is 21.6. The van der Waals surface area contributed by atoms with E-state index in [1.165, 1.54) is 35.0 Å². The van der Waals surface area contributed by atoms with Crippen LogP contribution in [0.25, 0.3) is 0 Å². The summed E-state index contributed by atoms with van der Waals surface area (Å²) in [5.74, 6) is 0.965. The SMILES string of the molecule is Cn1c(Cc2ccccc2)nnc1SCC(=O)Nc1sc2c(c1C#N)CCCCCC2. The van der Waals surface area contributed by atoms with Crippen LogP contribution in [0.15, 0.2) is 35.5 Å². The normalized spacial score (nSPS) is 13.7. The number of carbonyl (C=O) groups excluding carboxylic acids is 1. The number of nitrogens with one attached hydrogen (secondary N) is 1. The van der Waals surface area contributed by atoms with Gasteiger partial charge in [0.25, 0.3) is 0 Å². The highest BCUT2D eigenvalue weighted by Crippen LogP contribution is 2.36. The molecule has 1 amide bonds. The number of rotatable bonds is 6. The second-order valence-corrected chi connectivity index (χ2v) is 9.74. The van der Waals surface area contributed by atoms with Gasteiger partial charge in [-0.25, -0.2) is 0 Å². The number of anilines is 1. The van der Waals surface area contributed by atoms with Crippen LogP contribution in [0, 0.1) is 11.3 Å². The smallest absolute Gasteiger partial charge is 0.235 e. The number of nitrogens with zero attached hydrogens (tertiary/aromatic N) is 4. The first kappa shape index (κ1) is 21.6. The molecule has 0 saturated carbocycles. The number of carbonyl (C=O) groups is 1. The zero-order valence-electron chi connectivity index (χ0n) is 17.6. The summed E-state index contributed by atoms with van der Waals surface area (Å²) in [6.45, 7) is 0. The number of fused-ring (bicyclic) bond motifs is 1. The summed E-state index contributed by atoms with van der Waals surface area (Å²) in [7, 11) is 1.92. The highest BCUT2D eigenvalue weighted by Gasteiger charge is 2.21. The first-order chi connectivity index (χ1) is 15.2. The van der Waals surface area contributed by atoms with Gasteiger partial charge in [0.2, 0.25) is 5.91 Å². The number of nitriles is 1. The second-order valence-electron chi connectivity index (χ2n) is 7.69. The molecule has 0 radical (unpaired) electrons. The van der Waals surface area contributed by atoms with Gasteiger partial charge in [0.05, 0.1) is 11.3 Å². The molecule has 0 aliphatic heterocycles. The Morgan fingerprint density at radius 1 is 1.19 bits per heavy atom. The van der Waals surface area contributed by atoms with Gasteiger partial charge in [-0.2, -0.15) is 5.26 Å². The van der Waals surface area contributed by atoms with Crippen molar-refractivity contribution in [3.8, 4) is 6.07 Å². The Labute approximate surface area is 190 Å². The Bertz CT molecular complexity index is 1100. The standard InChI is InChI=1S/C23H25N5OS2/c1-28-20(13-16-9-5-4-6-10-16)26-27-23(28)30-15-21(29)25-22-18(14-24)17-11-7-2-3-8-12-19(17)31-22/h4-6,9-10H,2-3,7-8,11-13,15H2,1H3,(H,25,29). The molecule has 160 valence electrons. The van der Waals surface area contributed by atoms with Gasteiger partial charge in [0.1, 0.15) is 16.9 Å². The molecule has 3 aromatic rings. The number of thioether (sulfide) groups is 1. The van der Waals surface area contributed by atoms with Crippen molar-refractivity contribution >= 4 is 34.0 Å². The van der Waals surface area contributed by atoms with Crippen LogP contribution in [-0.2, 0) is 31.1 Å². The summed E-state index contributed by atoms with van der Waals surface area (Å²) in [5, 5.41) is 22.6. The third-order valence-corrected chi connectivity index (χ3v) is 7.73. The first-order valence-electron chi connectivity index (χ1n) is 10.5. The maximum absolute atomic E-state index is 12.6. The summed E-state index contributed by atoms with van der Waals surface area (Å²) >= 11 is 2.93. The van der Waals surface area contributed by atoms with Crippen LogP contribution < -0.4 is 5.32 Å². The molecule has 0 bridgehead atoms. The molecule has 0 fully saturated rings. The number of hydrogen-bond acceptors (Lipinski definition) is 6. The molecule has 1 N–H and O–H groups in total. The van der Waals surface area contributed by atoms with Gasteiger partial charge in [-0.15, -0.1) is 21.5 Å². The van der Waals surface area contributed by atoms with E-state index in [2.05, 4.69) is 33.7 Å². The van der Waals surface area contributed by atoms with Crippen LogP contribution in [-0.4, -0.2) is 26.4 Å². The zero-order valence-corrected chi connectivity index (χ0v) is 19.2. The molecule has 8 heteroatoms. The van der Waals surface area contributed by atoms with E-state index in [0.717, 1.165) is 37.1 Å². The lowest BCUT2D eigenvalue weighted by molar-refractivity contribution is -0.113. The van der Waals surface area contributed by atoms with E-state index < -0.39 is 0 Å². The average Bonchev–Trinajstić information content (AvgIpc) is 3.26. The lowest BCUT2D eigenvalue weighted by atomic mass is 9.97. The monoisotopic (exact) mass is 451 g/mol. The van der Waals surface area contributed by atoms with E-state index in [4.69, 9.17) is 0 Å². The molecule has 31 heavy (non-hydrogen) atoms. The molecule has 6 nitrogen and oxygen atoms in total. The van der Waals surface area contributed by atoms with E-state index in [1.54, 1.807) is 11.3 Å². The number of amides is 1. The van der Waals surface area contributed by atoms with Gasteiger partial charge in [-0.3, -0.25) is 4.79 Å². The van der Waals surface area contributed by atoms with Gasteiger partial charge in [0.15, 0.2) is 5.16 Å². The minimum atomic E-state index is -0.122. The summed E-state index contributed by atoms with van der Waals surface area (Å²) in [6.07, 6.45) is 7.34. The maximum atomic E-state index is 12.6. The van der Waals surface area contributed by atoms with Crippen LogP contribution >= 0.6 is 23.1 Å². The van der Waals surface area contributed by atoms with Gasteiger partial charge in [-0.1, -0.05) is 54.9 Å². The lowest BCUT2D eigenvalue weighted by Crippen LogP contribution is -2.14. The van der Waals surface area contributed by atoms with Gasteiger partial charge in [0, 0.05) is 18.3 Å². The summed E-state index contributed by atoms with van der Waals surface area (Å²) in [4.78, 5) is 13.9. The van der Waals surface area contributed by atoms with E-state index in [-0.39, 0.29) is 11.7 Å². The number of aromatic nitrogens is 3. The van der Waals surface area contributed by atoms with E-state index in [9.17, 15) is 10.1 Å². The number of hydrogen-bond donors (Lipinski definition) is 1. The number of aryl methyl sites for hydroxylation is 1. The molecular formula is C23H25N5OS2. The van der Waals surface area contributed by atoms with Gasteiger partial charge >= 0.3 is 0 Å². The first-order valence-corrected chi connectivity index (χ1v) is 12.4. The third kappa shape index (κ3) is 5.17. The molecule has 2 aromatic heterocycles. The minimum absolute atomic E-state index is 0.122. The number of benzene rings is 1. The molecule has 1 aliphatic carbocycles. The molecule has 0 saturated heterocycles. The van der Waals surface area contributed by atoms with Crippen LogP contribution in [0.4, 0.5) is 5.00 Å². The molecule has 0 unspecified atom stereocenters. The van der Waals surface area contributed by atoms with Crippen molar-refractivity contribution in [3.63, 3.8) is 0 Å².